The number of sulfonamides is 1. The second kappa shape index (κ2) is 4.50. The van der Waals surface area contributed by atoms with E-state index in [1.54, 1.807) is 6.92 Å². The molecule has 0 aliphatic rings. The lowest BCUT2D eigenvalue weighted by Gasteiger charge is -2.07. The first-order valence-electron chi connectivity index (χ1n) is 4.45. The Balaban J connectivity index is 3.35. The van der Waals surface area contributed by atoms with Gasteiger partial charge in [0.05, 0.1) is 17.1 Å². The number of ether oxygens (including phenoxy) is 1. The van der Waals surface area contributed by atoms with Gasteiger partial charge in [0.25, 0.3) is 0 Å². The van der Waals surface area contributed by atoms with Crippen LogP contribution in [0.2, 0.25) is 0 Å². The van der Waals surface area contributed by atoms with Crippen molar-refractivity contribution >= 4 is 21.7 Å². The third kappa shape index (κ3) is 2.71. The van der Waals surface area contributed by atoms with Crippen LogP contribution in [0.15, 0.2) is 23.1 Å². The molecule has 0 bridgehead atoms. The summed E-state index contributed by atoms with van der Waals surface area (Å²) in [6, 6.07) is 3.80. The molecule has 1 aromatic rings. The molecule has 0 amide bonds. The molecule has 0 saturated heterocycles. The van der Waals surface area contributed by atoms with Crippen molar-refractivity contribution in [2.24, 2.45) is 5.14 Å². The van der Waals surface area contributed by atoms with Gasteiger partial charge in [0.15, 0.2) is 0 Å². The first kappa shape index (κ1) is 12.5. The predicted molar refractivity (Wildman–Crippen MR) is 58.2 cm³/mol. The molecule has 0 heterocycles. The van der Waals surface area contributed by atoms with Gasteiger partial charge >= 0.3 is 5.97 Å². The first-order chi connectivity index (χ1) is 7.36. The van der Waals surface area contributed by atoms with E-state index in [4.69, 9.17) is 15.6 Å². The Morgan fingerprint density at radius 1 is 1.44 bits per heavy atom. The summed E-state index contributed by atoms with van der Waals surface area (Å²) in [6.45, 7) is 1.76. The smallest absolute Gasteiger partial charge is 0.339 e. The fourth-order valence-electron chi connectivity index (χ4n) is 1.15. The Bertz CT molecular complexity index is 510. The molecule has 0 aliphatic heterocycles. The van der Waals surface area contributed by atoms with Crippen LogP contribution in [-0.2, 0) is 14.8 Å². The van der Waals surface area contributed by atoms with Gasteiger partial charge in [0, 0.05) is 5.69 Å². The number of hydrogen-bond acceptors (Lipinski definition) is 5. The first-order valence-corrected chi connectivity index (χ1v) is 6.00. The van der Waals surface area contributed by atoms with Crippen molar-refractivity contribution in [2.45, 2.75) is 11.8 Å². The average molecular weight is 244 g/mol. The number of carbonyl (C=O) groups is 1. The number of primary sulfonamides is 1. The fourth-order valence-corrected chi connectivity index (χ4v) is 1.91. The Morgan fingerprint density at radius 2 is 2.06 bits per heavy atom. The van der Waals surface area contributed by atoms with Gasteiger partial charge in [-0.15, -0.1) is 0 Å². The normalized spacial score (nSPS) is 11.1. The predicted octanol–water partition coefficient (Wildman–Crippen LogP) is 0.0929. The van der Waals surface area contributed by atoms with Crippen LogP contribution < -0.4 is 10.9 Å². The zero-order valence-electron chi connectivity index (χ0n) is 8.64. The van der Waals surface area contributed by atoms with Crippen molar-refractivity contribution in [3.05, 3.63) is 23.8 Å². The van der Waals surface area contributed by atoms with E-state index in [1.165, 1.54) is 12.1 Å². The molecule has 0 spiro atoms. The van der Waals surface area contributed by atoms with Crippen molar-refractivity contribution in [2.75, 3.05) is 12.3 Å². The third-order valence-corrected chi connectivity index (χ3v) is 2.76. The molecule has 0 atom stereocenters. The second-order valence-electron chi connectivity index (χ2n) is 3.02. The topological polar surface area (TPSA) is 112 Å². The molecule has 0 aromatic heterocycles. The highest BCUT2D eigenvalue weighted by atomic mass is 32.2. The number of hydrogen-bond donors (Lipinski definition) is 2. The highest BCUT2D eigenvalue weighted by molar-refractivity contribution is 7.89. The summed E-state index contributed by atoms with van der Waals surface area (Å²) in [5, 5.41) is 4.97. The Hall–Kier alpha value is -1.60. The lowest BCUT2D eigenvalue weighted by molar-refractivity contribution is 0.0522. The van der Waals surface area contributed by atoms with Gasteiger partial charge in [0.2, 0.25) is 10.0 Å². The molecular weight excluding hydrogens is 232 g/mol. The molecule has 88 valence electrons. The summed E-state index contributed by atoms with van der Waals surface area (Å²) in [4.78, 5) is 11.1. The lowest BCUT2D eigenvalue weighted by atomic mass is 10.2. The largest absolute Gasteiger partial charge is 0.462 e. The van der Waals surface area contributed by atoms with Gasteiger partial charge in [0.1, 0.15) is 0 Å². The van der Waals surface area contributed by atoms with Crippen molar-refractivity contribution < 1.29 is 17.9 Å². The van der Waals surface area contributed by atoms with E-state index in [1.807, 2.05) is 0 Å². The van der Waals surface area contributed by atoms with Crippen LogP contribution in [0.3, 0.4) is 0 Å². The number of anilines is 1. The number of carbonyl (C=O) groups excluding carboxylic acids is 1. The van der Waals surface area contributed by atoms with Gasteiger partial charge in [-0.3, -0.25) is 0 Å². The van der Waals surface area contributed by atoms with Gasteiger partial charge in [-0.05, 0) is 25.1 Å². The summed E-state index contributed by atoms with van der Waals surface area (Å²) in [7, 11) is -4.00. The van der Waals surface area contributed by atoms with E-state index >= 15 is 0 Å². The minimum Gasteiger partial charge on any atom is -0.462 e. The molecule has 4 N–H and O–H groups in total. The Labute approximate surface area is 93.2 Å². The monoisotopic (exact) mass is 244 g/mol. The quantitative estimate of drug-likeness (QED) is 0.578. The van der Waals surface area contributed by atoms with Gasteiger partial charge in [-0.25, -0.2) is 18.4 Å². The minimum absolute atomic E-state index is 0.112. The average Bonchev–Trinajstić information content (AvgIpc) is 2.16. The zero-order valence-corrected chi connectivity index (χ0v) is 9.45. The summed E-state index contributed by atoms with van der Waals surface area (Å²) in [5.41, 5.74) is 5.52. The lowest BCUT2D eigenvalue weighted by Crippen LogP contribution is -2.18. The van der Waals surface area contributed by atoms with E-state index in [0.29, 0.717) is 0 Å². The van der Waals surface area contributed by atoms with Crippen molar-refractivity contribution in [3.8, 4) is 0 Å². The van der Waals surface area contributed by atoms with Crippen molar-refractivity contribution in [1.29, 1.82) is 0 Å². The van der Waals surface area contributed by atoms with E-state index in [2.05, 4.69) is 0 Å². The molecule has 0 radical (unpaired) electrons. The van der Waals surface area contributed by atoms with Crippen molar-refractivity contribution in [3.63, 3.8) is 0 Å². The number of nitrogens with two attached hydrogens (primary N) is 2. The molecule has 1 rings (SSSR count). The Morgan fingerprint density at radius 3 is 2.56 bits per heavy atom. The maximum atomic E-state index is 11.4. The highest BCUT2D eigenvalue weighted by Gasteiger charge is 2.20. The van der Waals surface area contributed by atoms with Crippen LogP contribution in [-0.4, -0.2) is 21.0 Å². The summed E-state index contributed by atoms with van der Waals surface area (Å²) in [6.07, 6.45) is 0. The maximum Gasteiger partial charge on any atom is 0.339 e. The van der Waals surface area contributed by atoms with Crippen LogP contribution >= 0.6 is 0 Å². The van der Waals surface area contributed by atoms with Crippen LogP contribution in [0.1, 0.15) is 17.3 Å². The molecule has 0 fully saturated rings. The SMILES string of the molecule is CCOC(=O)c1ccc(N)cc1S(N)(=O)=O. The molecule has 7 heteroatoms. The van der Waals surface area contributed by atoms with Crippen LogP contribution in [0.5, 0.6) is 0 Å². The van der Waals surface area contributed by atoms with Gasteiger partial charge < -0.3 is 10.5 Å². The minimum atomic E-state index is -4.00. The Kier molecular flexibility index (Phi) is 3.51. The highest BCUT2D eigenvalue weighted by Crippen LogP contribution is 2.18. The summed E-state index contributed by atoms with van der Waals surface area (Å²) in [5.74, 6) is -0.744. The van der Waals surface area contributed by atoms with Gasteiger partial charge in [-0.2, -0.15) is 0 Å². The molecule has 6 nitrogen and oxygen atoms in total. The van der Waals surface area contributed by atoms with E-state index in [0.717, 1.165) is 6.07 Å². The van der Waals surface area contributed by atoms with E-state index in [-0.39, 0.29) is 22.8 Å². The number of benzene rings is 1. The molecule has 0 unspecified atom stereocenters. The maximum absolute atomic E-state index is 11.4. The summed E-state index contributed by atoms with van der Waals surface area (Å²) >= 11 is 0. The fraction of sp³-hybridized carbons (Fsp3) is 0.222. The number of rotatable bonds is 3. The number of esters is 1. The standard InChI is InChI=1S/C9H12N2O4S/c1-2-15-9(12)7-4-3-6(10)5-8(7)16(11,13)14/h3-5H,2,10H2,1H3,(H2,11,13,14). The van der Waals surface area contributed by atoms with Gasteiger partial charge in [-0.1, -0.05) is 0 Å². The van der Waals surface area contributed by atoms with E-state index < -0.39 is 16.0 Å². The molecule has 0 aliphatic carbocycles. The third-order valence-electron chi connectivity index (χ3n) is 1.81. The van der Waals surface area contributed by atoms with Crippen LogP contribution in [0, 0.1) is 0 Å². The molecule has 1 aromatic carbocycles. The second-order valence-corrected chi connectivity index (χ2v) is 4.55. The number of nitrogen functional groups attached to an aromatic ring is 1. The molecule has 0 saturated carbocycles. The van der Waals surface area contributed by atoms with Crippen LogP contribution in [0.25, 0.3) is 0 Å². The van der Waals surface area contributed by atoms with Crippen LogP contribution in [0.4, 0.5) is 5.69 Å². The van der Waals surface area contributed by atoms with E-state index in [9.17, 15) is 13.2 Å². The molecule has 16 heavy (non-hydrogen) atoms. The summed E-state index contributed by atoms with van der Waals surface area (Å²) < 4.78 is 27.2. The zero-order chi connectivity index (χ0) is 12.3. The molecular formula is C9H12N2O4S. The van der Waals surface area contributed by atoms with Crippen molar-refractivity contribution in [1.82, 2.24) is 0 Å².